The molecule has 56 valence electrons. The molecule has 0 spiro atoms. The van der Waals surface area contributed by atoms with E-state index >= 15 is 0 Å². The number of carbonyl (C=O) groups excluding carboxylic acids is 2. The topological polar surface area (TPSA) is 49.4 Å². The van der Waals surface area contributed by atoms with E-state index in [0.717, 1.165) is 11.3 Å². The molecular weight excluding hydrogens is 152 g/mol. The van der Waals surface area contributed by atoms with Gasteiger partial charge in [-0.15, -0.1) is 0 Å². The normalized spacial score (nSPS) is 17.7. The lowest BCUT2D eigenvalue weighted by Gasteiger charge is -2.10. The van der Waals surface area contributed by atoms with Crippen molar-refractivity contribution in [3.05, 3.63) is 0 Å². The molecule has 0 bridgehead atoms. The molecule has 1 rings (SSSR count). The summed E-state index contributed by atoms with van der Waals surface area (Å²) in [6.07, 6.45) is 1.24. The van der Waals surface area contributed by atoms with Gasteiger partial charge in [-0.1, -0.05) is 12.8 Å². The highest BCUT2D eigenvalue weighted by molar-refractivity contribution is 7.78. The van der Waals surface area contributed by atoms with Gasteiger partial charge in [-0.2, -0.15) is 0 Å². The summed E-state index contributed by atoms with van der Waals surface area (Å²) in [5, 5.41) is 0. The fraction of sp³-hybridized carbons (Fsp3) is 0.600. The average Bonchev–Trinajstić information content (AvgIpc) is 2.34. The maximum atomic E-state index is 10.8. The molecular formula is C5H8N2O2S. The number of imide groups is 1. The molecule has 1 heterocycles. The molecule has 1 aliphatic heterocycles. The zero-order chi connectivity index (χ0) is 7.56. The smallest absolute Gasteiger partial charge is 0.284 e. The molecule has 0 aromatic heterocycles. The highest BCUT2D eigenvalue weighted by Gasteiger charge is 2.25. The van der Waals surface area contributed by atoms with Crippen molar-refractivity contribution in [2.45, 2.75) is 12.8 Å². The molecule has 0 unspecified atom stereocenters. The van der Waals surface area contributed by atoms with Gasteiger partial charge < -0.3 is 0 Å². The molecule has 10 heavy (non-hydrogen) atoms. The Kier molecular flexibility index (Phi) is 2.16. The summed E-state index contributed by atoms with van der Waals surface area (Å²) in [7, 11) is 0. The molecule has 0 aliphatic carbocycles. The van der Waals surface area contributed by atoms with Gasteiger partial charge in [0.25, 0.3) is 0 Å². The van der Waals surface area contributed by atoms with E-state index in [1.54, 1.807) is 0 Å². The van der Waals surface area contributed by atoms with Crippen molar-refractivity contribution in [2.75, 3.05) is 6.54 Å². The second-order valence-electron chi connectivity index (χ2n) is 2.07. The first kappa shape index (κ1) is 7.40. The van der Waals surface area contributed by atoms with Crippen molar-refractivity contribution in [1.29, 1.82) is 0 Å². The molecule has 0 radical (unpaired) electrons. The van der Waals surface area contributed by atoms with Crippen LogP contribution >= 0.6 is 12.8 Å². The standard InChI is InChI=1S/C5H8N2O2S/c8-4-2-1-3-7(4)5(9)6-10/h10H,1-3H2,(H,6,9). The van der Waals surface area contributed by atoms with Gasteiger partial charge in [0.1, 0.15) is 0 Å². The first-order valence-electron chi connectivity index (χ1n) is 3.00. The van der Waals surface area contributed by atoms with Crippen LogP contribution in [0.2, 0.25) is 0 Å². The highest BCUT2D eigenvalue weighted by atomic mass is 32.1. The minimum atomic E-state index is -0.425. The van der Waals surface area contributed by atoms with E-state index in [0.29, 0.717) is 13.0 Å². The lowest BCUT2D eigenvalue weighted by atomic mass is 10.4. The highest BCUT2D eigenvalue weighted by Crippen LogP contribution is 2.08. The molecule has 1 aliphatic rings. The quantitative estimate of drug-likeness (QED) is 0.496. The average molecular weight is 160 g/mol. The van der Waals surface area contributed by atoms with Crippen LogP contribution in [0.5, 0.6) is 0 Å². The van der Waals surface area contributed by atoms with Crippen LogP contribution in [0.4, 0.5) is 4.79 Å². The van der Waals surface area contributed by atoms with Crippen LogP contribution in [-0.2, 0) is 4.79 Å². The summed E-state index contributed by atoms with van der Waals surface area (Å²) in [6, 6.07) is -0.425. The predicted octanol–water partition coefficient (Wildman–Crippen LogP) is 0.163. The number of amides is 3. The monoisotopic (exact) mass is 160 g/mol. The SMILES string of the molecule is O=C1CCCN1C(=O)NS. The molecule has 1 N–H and O–H groups in total. The van der Waals surface area contributed by atoms with Crippen molar-refractivity contribution >= 4 is 24.8 Å². The van der Waals surface area contributed by atoms with E-state index in [1.165, 1.54) is 0 Å². The Labute approximate surface area is 64.1 Å². The van der Waals surface area contributed by atoms with Crippen molar-refractivity contribution in [3.63, 3.8) is 0 Å². The summed E-state index contributed by atoms with van der Waals surface area (Å²) in [4.78, 5) is 22.7. The number of thiol groups is 1. The molecule has 0 saturated carbocycles. The van der Waals surface area contributed by atoms with Gasteiger partial charge in [-0.05, 0) is 6.42 Å². The number of likely N-dealkylation sites (tertiary alicyclic amines) is 1. The van der Waals surface area contributed by atoms with Gasteiger partial charge in [0, 0.05) is 13.0 Å². The van der Waals surface area contributed by atoms with Gasteiger partial charge in [-0.3, -0.25) is 14.4 Å². The molecule has 1 fully saturated rings. The second-order valence-corrected chi connectivity index (χ2v) is 2.29. The lowest BCUT2D eigenvalue weighted by Crippen LogP contribution is -2.36. The summed E-state index contributed by atoms with van der Waals surface area (Å²) >= 11 is 3.54. The maximum Gasteiger partial charge on any atom is 0.333 e. The van der Waals surface area contributed by atoms with E-state index in [1.807, 2.05) is 0 Å². The van der Waals surface area contributed by atoms with E-state index in [-0.39, 0.29) is 5.91 Å². The zero-order valence-electron chi connectivity index (χ0n) is 5.33. The van der Waals surface area contributed by atoms with Gasteiger partial charge in [0.2, 0.25) is 5.91 Å². The summed E-state index contributed by atoms with van der Waals surface area (Å²) in [5.41, 5.74) is 0. The van der Waals surface area contributed by atoms with Gasteiger partial charge in [0.05, 0.1) is 0 Å². The Morgan fingerprint density at radius 1 is 1.70 bits per heavy atom. The summed E-state index contributed by atoms with van der Waals surface area (Å²) < 4.78 is 2.10. The first-order valence-corrected chi connectivity index (χ1v) is 3.45. The molecule has 4 nitrogen and oxygen atoms in total. The van der Waals surface area contributed by atoms with E-state index in [9.17, 15) is 9.59 Å². The molecule has 5 heteroatoms. The number of rotatable bonds is 0. The van der Waals surface area contributed by atoms with Crippen LogP contribution in [0.15, 0.2) is 0 Å². The van der Waals surface area contributed by atoms with Crippen molar-refractivity contribution < 1.29 is 9.59 Å². The maximum absolute atomic E-state index is 10.8. The third kappa shape index (κ3) is 1.23. The minimum Gasteiger partial charge on any atom is -0.284 e. The predicted molar refractivity (Wildman–Crippen MR) is 38.5 cm³/mol. The number of carbonyl (C=O) groups is 2. The van der Waals surface area contributed by atoms with Crippen molar-refractivity contribution in [3.8, 4) is 0 Å². The van der Waals surface area contributed by atoms with E-state index in [4.69, 9.17) is 0 Å². The summed E-state index contributed by atoms with van der Waals surface area (Å²) in [6.45, 7) is 0.519. The van der Waals surface area contributed by atoms with E-state index in [2.05, 4.69) is 17.5 Å². The van der Waals surface area contributed by atoms with Crippen LogP contribution in [0.1, 0.15) is 12.8 Å². The largest absolute Gasteiger partial charge is 0.333 e. The van der Waals surface area contributed by atoms with Crippen molar-refractivity contribution in [1.82, 2.24) is 9.62 Å². The fourth-order valence-corrected chi connectivity index (χ4v) is 1.04. The van der Waals surface area contributed by atoms with E-state index < -0.39 is 6.03 Å². The lowest BCUT2D eigenvalue weighted by molar-refractivity contribution is -0.125. The minimum absolute atomic E-state index is 0.119. The third-order valence-electron chi connectivity index (χ3n) is 1.41. The number of hydrogen-bond donors (Lipinski definition) is 2. The summed E-state index contributed by atoms with van der Waals surface area (Å²) in [5.74, 6) is -0.119. The van der Waals surface area contributed by atoms with Gasteiger partial charge >= 0.3 is 6.03 Å². The van der Waals surface area contributed by atoms with Crippen LogP contribution in [-0.4, -0.2) is 23.4 Å². The van der Waals surface area contributed by atoms with Gasteiger partial charge in [-0.25, -0.2) is 4.79 Å². The van der Waals surface area contributed by atoms with Crippen LogP contribution < -0.4 is 4.72 Å². The van der Waals surface area contributed by atoms with Gasteiger partial charge in [0.15, 0.2) is 0 Å². The first-order chi connectivity index (χ1) is 4.75. The Morgan fingerprint density at radius 3 is 2.80 bits per heavy atom. The number of urea groups is 1. The zero-order valence-corrected chi connectivity index (χ0v) is 6.23. The molecule has 0 aromatic rings. The van der Waals surface area contributed by atoms with Crippen LogP contribution in [0.25, 0.3) is 0 Å². The second kappa shape index (κ2) is 2.92. The number of nitrogens with one attached hydrogen (secondary N) is 1. The molecule has 1 saturated heterocycles. The van der Waals surface area contributed by atoms with Crippen LogP contribution in [0, 0.1) is 0 Å². The molecule has 0 atom stereocenters. The molecule has 3 amide bonds. The Morgan fingerprint density at radius 2 is 2.40 bits per heavy atom. The van der Waals surface area contributed by atoms with Crippen molar-refractivity contribution in [2.24, 2.45) is 0 Å². The Bertz CT molecular complexity index is 171. The number of hydrogen-bond acceptors (Lipinski definition) is 3. The third-order valence-corrected chi connectivity index (χ3v) is 1.61. The molecule has 0 aromatic carbocycles. The Balaban J connectivity index is 2.55. The fourth-order valence-electron chi connectivity index (χ4n) is 0.923. The van der Waals surface area contributed by atoms with Crippen LogP contribution in [0.3, 0.4) is 0 Å². The number of nitrogens with zero attached hydrogens (tertiary/aromatic N) is 1. The Hall–Kier alpha value is -0.710.